The second-order valence-electron chi connectivity index (χ2n) is 8.13. The van der Waals surface area contributed by atoms with Crippen molar-refractivity contribution in [2.75, 3.05) is 13.2 Å². The topological polar surface area (TPSA) is 93.2 Å². The minimum Gasteiger partial charge on any atom is -0.465 e. The molecular formula is C23H28O6SSi. The van der Waals surface area contributed by atoms with Crippen LogP contribution in [0.4, 0.5) is 0 Å². The highest BCUT2D eigenvalue weighted by atomic mass is 32.2. The molecule has 0 radical (unpaired) electrons. The van der Waals surface area contributed by atoms with Crippen LogP contribution in [0.1, 0.15) is 6.92 Å². The van der Waals surface area contributed by atoms with Gasteiger partial charge in [0, 0.05) is 17.4 Å². The van der Waals surface area contributed by atoms with Gasteiger partial charge in [0.25, 0.3) is 0 Å². The van der Waals surface area contributed by atoms with E-state index in [1.807, 2.05) is 43.4 Å². The van der Waals surface area contributed by atoms with E-state index in [-0.39, 0.29) is 24.2 Å². The number of benzene rings is 2. The first-order valence-electron chi connectivity index (χ1n) is 10.2. The summed E-state index contributed by atoms with van der Waals surface area (Å²) in [7, 11) is -6.49. The molecule has 1 N–H and O–H groups in total. The third-order valence-corrected chi connectivity index (χ3v) is 12.6. The predicted octanol–water partition coefficient (Wildman–Crippen LogP) is 2.44. The highest BCUT2D eigenvalue weighted by Gasteiger charge is 2.46. The van der Waals surface area contributed by atoms with E-state index in [1.54, 1.807) is 36.4 Å². The summed E-state index contributed by atoms with van der Waals surface area (Å²) in [5, 5.41) is 10.4. The van der Waals surface area contributed by atoms with Gasteiger partial charge < -0.3 is 14.6 Å². The van der Waals surface area contributed by atoms with Gasteiger partial charge in [-0.15, -0.1) is 0 Å². The summed E-state index contributed by atoms with van der Waals surface area (Å²) >= 11 is 0. The lowest BCUT2D eigenvalue weighted by molar-refractivity contribution is -0.142. The molecule has 1 saturated heterocycles. The van der Waals surface area contributed by atoms with Gasteiger partial charge in [0.2, 0.25) is 0 Å². The number of ether oxygens (including phenoxy) is 2. The van der Waals surface area contributed by atoms with Gasteiger partial charge in [-0.1, -0.05) is 72.9 Å². The molecule has 0 bridgehead atoms. The minimum atomic E-state index is -3.81. The molecular weight excluding hydrogens is 432 g/mol. The van der Waals surface area contributed by atoms with Crippen molar-refractivity contribution in [1.29, 1.82) is 0 Å². The maximum Gasteiger partial charge on any atom is 0.302 e. The lowest BCUT2D eigenvalue weighted by Crippen LogP contribution is -2.46. The molecule has 2 aromatic rings. The first kappa shape index (κ1) is 23.4. The Bertz CT molecular complexity index is 1030. The van der Waals surface area contributed by atoms with E-state index in [0.717, 1.165) is 5.19 Å². The van der Waals surface area contributed by atoms with Crippen molar-refractivity contribution in [3.05, 3.63) is 71.3 Å². The SMILES string of the molecule is CC(=O)OC[C@H](/C=C(/[Si](C)(C)c1ccccc1)S(=O)(=O)c1ccccc1)[C@@H]1O[C@H]1CO. The largest absolute Gasteiger partial charge is 0.465 e. The molecule has 3 atom stereocenters. The summed E-state index contributed by atoms with van der Waals surface area (Å²) in [6.07, 6.45) is 0.912. The normalized spacial score (nSPS) is 20.2. The zero-order chi connectivity index (χ0) is 22.6. The minimum absolute atomic E-state index is 0.0103. The van der Waals surface area contributed by atoms with Crippen LogP contribution in [0.25, 0.3) is 0 Å². The number of hydrogen-bond acceptors (Lipinski definition) is 6. The van der Waals surface area contributed by atoms with Gasteiger partial charge in [0.1, 0.15) is 20.8 Å². The third kappa shape index (κ3) is 5.33. The summed E-state index contributed by atoms with van der Waals surface area (Å²) in [4.78, 5) is 11.6. The van der Waals surface area contributed by atoms with Gasteiger partial charge in [-0.2, -0.15) is 0 Å². The van der Waals surface area contributed by atoms with Crippen LogP contribution in [0.15, 0.2) is 76.2 Å². The van der Waals surface area contributed by atoms with Crippen molar-refractivity contribution in [1.82, 2.24) is 0 Å². The average Bonchev–Trinajstić information content (AvgIpc) is 3.54. The van der Waals surface area contributed by atoms with Gasteiger partial charge in [-0.25, -0.2) is 8.42 Å². The number of sulfone groups is 1. The average molecular weight is 461 g/mol. The molecule has 31 heavy (non-hydrogen) atoms. The van der Waals surface area contributed by atoms with E-state index in [1.165, 1.54) is 6.92 Å². The molecule has 1 aliphatic heterocycles. The van der Waals surface area contributed by atoms with Crippen LogP contribution in [0, 0.1) is 5.92 Å². The molecule has 166 valence electrons. The zero-order valence-corrected chi connectivity index (χ0v) is 19.7. The molecule has 0 unspecified atom stereocenters. The molecule has 0 saturated carbocycles. The van der Waals surface area contributed by atoms with Crippen LogP contribution >= 0.6 is 0 Å². The Morgan fingerprint density at radius 1 is 1.13 bits per heavy atom. The van der Waals surface area contributed by atoms with Crippen molar-refractivity contribution in [3.8, 4) is 0 Å². The van der Waals surface area contributed by atoms with Crippen LogP contribution < -0.4 is 5.19 Å². The Balaban J connectivity index is 2.13. The predicted molar refractivity (Wildman–Crippen MR) is 121 cm³/mol. The smallest absolute Gasteiger partial charge is 0.302 e. The van der Waals surface area contributed by atoms with Crippen LogP contribution in [0.3, 0.4) is 0 Å². The number of aliphatic hydroxyl groups excluding tert-OH is 1. The van der Waals surface area contributed by atoms with Gasteiger partial charge in [-0.3, -0.25) is 4.79 Å². The number of aliphatic hydroxyl groups is 1. The number of esters is 1. The molecule has 0 aromatic heterocycles. The number of epoxide rings is 1. The van der Waals surface area contributed by atoms with Gasteiger partial charge in [0.15, 0.2) is 9.84 Å². The standard InChI is InChI=1S/C23H28O6SSi/c1-17(25)28-16-18(23-21(15-24)29-23)14-22(30(26,27)19-10-6-4-7-11-19)31(2,3)20-12-8-5-9-13-20/h4-14,18,21,23-24H,15-16H2,1-3H3/b22-14+/t18-,21-,23-/m0/s1. The van der Waals surface area contributed by atoms with Crippen molar-refractivity contribution in [2.45, 2.75) is 37.1 Å². The van der Waals surface area contributed by atoms with E-state index < -0.39 is 35.9 Å². The number of carbonyl (C=O) groups is 1. The lowest BCUT2D eigenvalue weighted by Gasteiger charge is -2.28. The Kier molecular flexibility index (Phi) is 7.16. The highest BCUT2D eigenvalue weighted by Crippen LogP contribution is 2.35. The molecule has 0 amide bonds. The summed E-state index contributed by atoms with van der Waals surface area (Å²) in [6.45, 7) is 5.12. The van der Waals surface area contributed by atoms with E-state index in [4.69, 9.17) is 9.47 Å². The monoisotopic (exact) mass is 460 g/mol. The first-order valence-corrected chi connectivity index (χ1v) is 14.6. The van der Waals surface area contributed by atoms with Crippen LogP contribution in [-0.4, -0.2) is 53.0 Å². The van der Waals surface area contributed by atoms with E-state index in [9.17, 15) is 18.3 Å². The Morgan fingerprint density at radius 2 is 1.71 bits per heavy atom. The lowest BCUT2D eigenvalue weighted by atomic mass is 10.0. The summed E-state index contributed by atoms with van der Waals surface area (Å²) in [6, 6.07) is 17.9. The molecule has 0 aliphatic carbocycles. The van der Waals surface area contributed by atoms with Crippen LogP contribution in [0.2, 0.25) is 13.1 Å². The molecule has 1 fully saturated rings. The van der Waals surface area contributed by atoms with Crippen LogP contribution in [0.5, 0.6) is 0 Å². The van der Waals surface area contributed by atoms with Crippen molar-refractivity contribution in [3.63, 3.8) is 0 Å². The summed E-state index contributed by atoms with van der Waals surface area (Å²) < 4.78 is 38.7. The van der Waals surface area contributed by atoms with Crippen molar-refractivity contribution >= 4 is 29.1 Å². The maximum absolute atomic E-state index is 13.8. The fraction of sp³-hybridized carbons (Fsp3) is 0.348. The Morgan fingerprint density at radius 3 is 2.23 bits per heavy atom. The summed E-state index contributed by atoms with van der Waals surface area (Å²) in [5.41, 5.74) is 0. The Labute approximate surface area is 184 Å². The molecule has 2 aromatic carbocycles. The molecule has 1 heterocycles. The molecule has 1 aliphatic rings. The fourth-order valence-corrected chi connectivity index (χ4v) is 10.1. The third-order valence-electron chi connectivity index (χ3n) is 5.52. The van der Waals surface area contributed by atoms with Crippen LogP contribution in [-0.2, 0) is 24.1 Å². The Hall–Kier alpha value is -2.26. The van der Waals surface area contributed by atoms with Gasteiger partial charge in [0.05, 0.1) is 17.6 Å². The number of hydrogen-bond donors (Lipinski definition) is 1. The second kappa shape index (κ2) is 9.48. The van der Waals surface area contributed by atoms with Crippen molar-refractivity contribution < 1.29 is 27.8 Å². The molecule has 3 rings (SSSR count). The highest BCUT2D eigenvalue weighted by molar-refractivity contribution is 7.98. The number of rotatable bonds is 9. The molecule has 0 spiro atoms. The zero-order valence-electron chi connectivity index (χ0n) is 17.9. The quantitative estimate of drug-likeness (QED) is 0.351. The fourth-order valence-electron chi connectivity index (χ4n) is 3.68. The molecule has 8 heteroatoms. The maximum atomic E-state index is 13.8. The van der Waals surface area contributed by atoms with Crippen molar-refractivity contribution in [2.24, 2.45) is 5.92 Å². The second-order valence-corrected chi connectivity index (χ2v) is 14.8. The number of carbonyl (C=O) groups excluding carboxylic acids is 1. The van der Waals surface area contributed by atoms with Gasteiger partial charge >= 0.3 is 5.97 Å². The molecule has 6 nitrogen and oxygen atoms in total. The van der Waals surface area contributed by atoms with Gasteiger partial charge in [-0.05, 0) is 12.1 Å². The summed E-state index contributed by atoms with van der Waals surface area (Å²) in [5.74, 6) is -0.934. The first-order chi connectivity index (χ1) is 14.7. The van der Waals surface area contributed by atoms with E-state index in [2.05, 4.69) is 0 Å². The van der Waals surface area contributed by atoms with E-state index in [0.29, 0.717) is 4.53 Å². The van der Waals surface area contributed by atoms with E-state index >= 15 is 0 Å².